The van der Waals surface area contributed by atoms with Crippen LogP contribution >= 0.6 is 0 Å². The topological polar surface area (TPSA) is 67.4 Å². The van der Waals surface area contributed by atoms with E-state index in [1.54, 1.807) is 0 Å². The van der Waals surface area contributed by atoms with Gasteiger partial charge in [0.1, 0.15) is 0 Å². The zero-order chi connectivity index (χ0) is 15.4. The molecule has 1 aliphatic rings. The number of nitrogens with one attached hydrogen (secondary N) is 2. The number of benzene rings is 1. The summed E-state index contributed by atoms with van der Waals surface area (Å²) in [6.45, 7) is 0.799. The van der Waals surface area contributed by atoms with Crippen LogP contribution in [0.2, 0.25) is 0 Å². The summed E-state index contributed by atoms with van der Waals surface area (Å²) in [5, 5.41) is 5.13. The maximum atomic E-state index is 13.0. The normalized spacial score (nSPS) is 20.0. The van der Waals surface area contributed by atoms with E-state index < -0.39 is 17.6 Å². The van der Waals surface area contributed by atoms with Gasteiger partial charge in [-0.3, -0.25) is 9.59 Å². The average Bonchev–Trinajstić information content (AvgIpc) is 3.23. The molecule has 2 unspecified atom stereocenters. The van der Waals surface area contributed by atoms with Gasteiger partial charge in [-0.15, -0.1) is 0 Å². The third-order valence-corrected chi connectivity index (χ3v) is 3.26. The molecular formula is C14H16F2N2O3. The van der Waals surface area contributed by atoms with E-state index in [1.165, 1.54) is 13.2 Å². The fourth-order valence-corrected chi connectivity index (χ4v) is 1.99. The highest BCUT2D eigenvalue weighted by atomic mass is 19.2. The number of amides is 2. The lowest BCUT2D eigenvalue weighted by atomic mass is 10.2. The van der Waals surface area contributed by atoms with Gasteiger partial charge >= 0.3 is 0 Å². The summed E-state index contributed by atoms with van der Waals surface area (Å²) in [5.74, 6) is -3.37. The molecule has 0 aliphatic heterocycles. The third kappa shape index (κ3) is 3.98. The highest BCUT2D eigenvalue weighted by molar-refractivity contribution is 5.99. The number of halogens is 2. The van der Waals surface area contributed by atoms with Crippen molar-refractivity contribution in [2.45, 2.75) is 6.42 Å². The molecule has 1 fully saturated rings. The first-order valence-corrected chi connectivity index (χ1v) is 6.55. The summed E-state index contributed by atoms with van der Waals surface area (Å²) in [7, 11) is 1.53. The van der Waals surface area contributed by atoms with Crippen LogP contribution in [0.15, 0.2) is 18.2 Å². The van der Waals surface area contributed by atoms with Crippen molar-refractivity contribution in [2.24, 2.45) is 11.8 Å². The third-order valence-electron chi connectivity index (χ3n) is 3.26. The molecule has 21 heavy (non-hydrogen) atoms. The van der Waals surface area contributed by atoms with Crippen molar-refractivity contribution in [3.05, 3.63) is 29.8 Å². The van der Waals surface area contributed by atoms with E-state index in [9.17, 15) is 18.4 Å². The van der Waals surface area contributed by atoms with Gasteiger partial charge in [0.2, 0.25) is 11.8 Å². The SMILES string of the molecule is COCCNC(=O)C1CC1C(=O)Nc1ccc(F)c(F)c1. The van der Waals surface area contributed by atoms with Crippen molar-refractivity contribution >= 4 is 17.5 Å². The molecule has 1 aromatic rings. The molecule has 0 radical (unpaired) electrons. The minimum Gasteiger partial charge on any atom is -0.383 e. The second-order valence-electron chi connectivity index (χ2n) is 4.85. The number of carbonyl (C=O) groups excluding carboxylic acids is 2. The fourth-order valence-electron chi connectivity index (χ4n) is 1.99. The first-order valence-electron chi connectivity index (χ1n) is 6.55. The van der Waals surface area contributed by atoms with Gasteiger partial charge in [-0.05, 0) is 18.6 Å². The number of hydrogen-bond acceptors (Lipinski definition) is 3. The van der Waals surface area contributed by atoms with Gasteiger partial charge in [0.25, 0.3) is 0 Å². The van der Waals surface area contributed by atoms with E-state index in [4.69, 9.17) is 4.74 Å². The Labute approximate surface area is 120 Å². The van der Waals surface area contributed by atoms with Crippen molar-refractivity contribution in [3.8, 4) is 0 Å². The summed E-state index contributed by atoms with van der Waals surface area (Å²) >= 11 is 0. The Hall–Kier alpha value is -2.02. The van der Waals surface area contributed by atoms with Crippen molar-refractivity contribution < 1.29 is 23.1 Å². The lowest BCUT2D eigenvalue weighted by Gasteiger charge is -2.06. The number of methoxy groups -OCH3 is 1. The molecule has 0 aromatic heterocycles. The zero-order valence-corrected chi connectivity index (χ0v) is 11.5. The van der Waals surface area contributed by atoms with Crippen molar-refractivity contribution in [1.29, 1.82) is 0 Å². The minimum atomic E-state index is -1.03. The van der Waals surface area contributed by atoms with Crippen LogP contribution in [0.3, 0.4) is 0 Å². The Morgan fingerprint density at radius 3 is 2.62 bits per heavy atom. The van der Waals surface area contributed by atoms with E-state index in [1.807, 2.05) is 0 Å². The number of ether oxygens (including phenoxy) is 1. The lowest BCUT2D eigenvalue weighted by Crippen LogP contribution is -2.30. The molecule has 114 valence electrons. The van der Waals surface area contributed by atoms with E-state index >= 15 is 0 Å². The predicted molar refractivity (Wildman–Crippen MR) is 71.5 cm³/mol. The molecule has 7 heteroatoms. The van der Waals surface area contributed by atoms with Crippen LogP contribution in [-0.2, 0) is 14.3 Å². The van der Waals surface area contributed by atoms with Crippen LogP contribution in [0, 0.1) is 23.5 Å². The molecule has 2 rings (SSSR count). The molecule has 5 nitrogen and oxygen atoms in total. The van der Waals surface area contributed by atoms with Crippen LogP contribution < -0.4 is 10.6 Å². The van der Waals surface area contributed by atoms with Crippen LogP contribution in [0.5, 0.6) is 0 Å². The van der Waals surface area contributed by atoms with Gasteiger partial charge in [0, 0.05) is 25.4 Å². The second kappa shape index (κ2) is 6.62. The first kappa shape index (κ1) is 15.4. The summed E-state index contributed by atoms with van der Waals surface area (Å²) in [6.07, 6.45) is 0.453. The average molecular weight is 298 g/mol. The summed E-state index contributed by atoms with van der Waals surface area (Å²) in [5.41, 5.74) is 0.171. The van der Waals surface area contributed by atoms with Gasteiger partial charge < -0.3 is 15.4 Å². The Kier molecular flexibility index (Phi) is 4.85. The highest BCUT2D eigenvalue weighted by Gasteiger charge is 2.47. The Balaban J connectivity index is 1.82. The van der Waals surface area contributed by atoms with E-state index in [0.29, 0.717) is 19.6 Å². The van der Waals surface area contributed by atoms with E-state index in [2.05, 4.69) is 10.6 Å². The van der Waals surface area contributed by atoms with Gasteiger partial charge in [-0.2, -0.15) is 0 Å². The summed E-state index contributed by atoms with van der Waals surface area (Å²) in [4.78, 5) is 23.6. The van der Waals surface area contributed by atoms with Gasteiger partial charge in [-0.25, -0.2) is 8.78 Å². The monoisotopic (exact) mass is 298 g/mol. The maximum absolute atomic E-state index is 13.0. The second-order valence-corrected chi connectivity index (χ2v) is 4.85. The smallest absolute Gasteiger partial charge is 0.228 e. The standard InChI is InChI=1S/C14H16F2N2O3/c1-21-5-4-17-13(19)9-7-10(9)14(20)18-8-2-3-11(15)12(16)6-8/h2-3,6,9-10H,4-5,7H2,1H3,(H,17,19)(H,18,20). The van der Waals surface area contributed by atoms with Crippen LogP contribution in [0.1, 0.15) is 6.42 Å². The van der Waals surface area contributed by atoms with E-state index in [-0.39, 0.29) is 23.4 Å². The van der Waals surface area contributed by atoms with Crippen molar-refractivity contribution in [3.63, 3.8) is 0 Å². The lowest BCUT2D eigenvalue weighted by molar-refractivity contribution is -0.125. The number of hydrogen-bond donors (Lipinski definition) is 2. The van der Waals surface area contributed by atoms with Gasteiger partial charge in [-0.1, -0.05) is 0 Å². The fraction of sp³-hybridized carbons (Fsp3) is 0.429. The molecule has 0 spiro atoms. The number of rotatable bonds is 6. The largest absolute Gasteiger partial charge is 0.383 e. The number of carbonyl (C=O) groups is 2. The summed E-state index contributed by atoms with van der Waals surface area (Å²) < 4.78 is 30.6. The van der Waals surface area contributed by atoms with E-state index in [0.717, 1.165) is 12.1 Å². The molecule has 0 saturated heterocycles. The molecule has 0 heterocycles. The van der Waals surface area contributed by atoms with Gasteiger partial charge in [0.05, 0.1) is 18.4 Å². The molecule has 2 atom stereocenters. The predicted octanol–water partition coefficient (Wildman–Crippen LogP) is 1.30. The quantitative estimate of drug-likeness (QED) is 0.778. The first-order chi connectivity index (χ1) is 10.0. The molecule has 1 aliphatic carbocycles. The Morgan fingerprint density at radius 2 is 1.95 bits per heavy atom. The molecule has 0 bridgehead atoms. The highest BCUT2D eigenvalue weighted by Crippen LogP contribution is 2.39. The number of anilines is 1. The van der Waals surface area contributed by atoms with Crippen LogP contribution in [-0.4, -0.2) is 32.1 Å². The zero-order valence-electron chi connectivity index (χ0n) is 11.5. The van der Waals surface area contributed by atoms with Gasteiger partial charge in [0.15, 0.2) is 11.6 Å². The Bertz CT molecular complexity index is 551. The van der Waals surface area contributed by atoms with Crippen molar-refractivity contribution in [2.75, 3.05) is 25.6 Å². The maximum Gasteiger partial charge on any atom is 0.228 e. The van der Waals surface area contributed by atoms with Crippen LogP contribution in [0.4, 0.5) is 14.5 Å². The molecule has 1 saturated carbocycles. The summed E-state index contributed by atoms with van der Waals surface area (Å²) in [6, 6.07) is 3.11. The minimum absolute atomic E-state index is 0.171. The van der Waals surface area contributed by atoms with Crippen molar-refractivity contribution in [1.82, 2.24) is 5.32 Å². The molecular weight excluding hydrogens is 282 g/mol. The van der Waals surface area contributed by atoms with Crippen LogP contribution in [0.25, 0.3) is 0 Å². The molecule has 1 aromatic carbocycles. The molecule has 2 amide bonds. The molecule has 2 N–H and O–H groups in total. The Morgan fingerprint density at radius 1 is 1.24 bits per heavy atom.